The Bertz CT molecular complexity index is 2870. The lowest BCUT2D eigenvalue weighted by Gasteiger charge is -2.42. The Morgan fingerprint density at radius 2 is 1.38 bits per heavy atom. The van der Waals surface area contributed by atoms with E-state index in [4.69, 9.17) is 9.97 Å². The highest BCUT2D eigenvalue weighted by molar-refractivity contribution is 6.12. The van der Waals surface area contributed by atoms with Gasteiger partial charge in [-0.3, -0.25) is 4.57 Å². The zero-order valence-corrected chi connectivity index (χ0v) is 29.7. The second-order valence-electron chi connectivity index (χ2n) is 14.4. The maximum Gasteiger partial charge on any atom is 0.150 e. The molecule has 6 heteroatoms. The number of rotatable bonds is 5. The Morgan fingerprint density at radius 1 is 0.642 bits per heavy atom. The molecule has 0 bridgehead atoms. The highest BCUT2D eigenvalue weighted by atomic mass is 19.1. The van der Waals surface area contributed by atoms with Gasteiger partial charge in [0.05, 0.1) is 27.9 Å². The molecule has 1 atom stereocenters. The number of hydrogen-bond donors (Lipinski definition) is 0. The first-order valence-electron chi connectivity index (χ1n) is 18.0. The molecule has 1 aliphatic rings. The van der Waals surface area contributed by atoms with Crippen LogP contribution in [-0.2, 0) is 12.5 Å². The van der Waals surface area contributed by atoms with Crippen LogP contribution in [0.5, 0.6) is 0 Å². The number of benzene rings is 6. The number of anilines is 3. The van der Waals surface area contributed by atoms with E-state index >= 15 is 4.39 Å². The minimum atomic E-state index is -1.35. The molecule has 6 aromatic carbocycles. The number of alkyl halides is 1. The van der Waals surface area contributed by atoms with Crippen LogP contribution in [0.3, 0.4) is 0 Å². The van der Waals surface area contributed by atoms with Gasteiger partial charge in [0.15, 0.2) is 6.17 Å². The summed E-state index contributed by atoms with van der Waals surface area (Å²) in [6, 6.07) is 51.5. The molecule has 10 rings (SSSR count). The molecule has 0 saturated carbocycles. The van der Waals surface area contributed by atoms with Crippen molar-refractivity contribution in [2.45, 2.75) is 25.4 Å². The molecule has 0 N–H and O–H groups in total. The van der Waals surface area contributed by atoms with Gasteiger partial charge < -0.3 is 9.47 Å². The van der Waals surface area contributed by atoms with Crippen molar-refractivity contribution in [1.29, 1.82) is 0 Å². The van der Waals surface area contributed by atoms with Crippen LogP contribution >= 0.6 is 0 Å². The normalized spacial score (nSPS) is 14.1. The fraction of sp³-hybridized carbons (Fsp3) is 0.106. The largest absolute Gasteiger partial charge is 0.327 e. The molecule has 0 aliphatic carbocycles. The average molecular weight is 690 g/mol. The van der Waals surface area contributed by atoms with Crippen LogP contribution in [0.1, 0.15) is 42.3 Å². The van der Waals surface area contributed by atoms with Crippen molar-refractivity contribution in [2.24, 2.45) is 7.05 Å². The van der Waals surface area contributed by atoms with E-state index in [-0.39, 0.29) is 5.41 Å². The van der Waals surface area contributed by atoms with Crippen molar-refractivity contribution in [3.63, 3.8) is 0 Å². The summed E-state index contributed by atoms with van der Waals surface area (Å²) in [5.41, 5.74) is 12.2. The van der Waals surface area contributed by atoms with Gasteiger partial charge >= 0.3 is 0 Å². The van der Waals surface area contributed by atoms with Crippen LogP contribution in [0, 0.1) is 0 Å². The Morgan fingerprint density at radius 3 is 2.23 bits per heavy atom. The van der Waals surface area contributed by atoms with E-state index in [9.17, 15) is 0 Å². The molecule has 53 heavy (non-hydrogen) atoms. The van der Waals surface area contributed by atoms with Crippen molar-refractivity contribution in [3.8, 4) is 17.1 Å². The molecular weight excluding hydrogens is 654 g/mol. The number of halogens is 1. The first kappa shape index (κ1) is 31.2. The van der Waals surface area contributed by atoms with E-state index in [0.717, 1.165) is 61.4 Å². The van der Waals surface area contributed by atoms with E-state index < -0.39 is 6.17 Å². The smallest absolute Gasteiger partial charge is 0.150 e. The van der Waals surface area contributed by atoms with Gasteiger partial charge in [-0.05, 0) is 83.4 Å². The maximum atomic E-state index is 16.9. The summed E-state index contributed by atoms with van der Waals surface area (Å²) < 4.78 is 21.2. The molecule has 9 aromatic rings. The van der Waals surface area contributed by atoms with Crippen molar-refractivity contribution in [3.05, 3.63) is 180 Å². The topological polar surface area (TPSA) is 38.9 Å². The van der Waals surface area contributed by atoms with Crippen LogP contribution in [0.25, 0.3) is 50.0 Å². The Balaban J connectivity index is 1.16. The minimum Gasteiger partial charge on any atom is -0.327 e. The third-order valence-electron chi connectivity index (χ3n) is 11.0. The fourth-order valence-electron chi connectivity index (χ4n) is 8.55. The standard InChI is InChI=1S/C47H36FN5/c1-47(2)37-21-7-9-23-39(37)52(33-17-5-4-6-18-33)41-26-25-35-36-20-13-27-49-46(36)53(44(35)42(41)47)34-19-12-15-31(29-34)43(48)30-14-11-16-32(28-30)45-50-38-22-8-10-24-40(38)51(45)3/h4-29,43H,1-3H3. The number of aryl methyl sites for hydroxylation is 1. The zero-order chi connectivity index (χ0) is 35.8. The van der Waals surface area contributed by atoms with Gasteiger partial charge in [-0.25, -0.2) is 14.4 Å². The maximum absolute atomic E-state index is 16.9. The molecule has 1 unspecified atom stereocenters. The monoisotopic (exact) mass is 689 g/mol. The van der Waals surface area contributed by atoms with Crippen LogP contribution < -0.4 is 4.90 Å². The summed E-state index contributed by atoms with van der Waals surface area (Å²) in [6.07, 6.45) is 0.492. The Labute approximate surface area is 307 Å². The summed E-state index contributed by atoms with van der Waals surface area (Å²) >= 11 is 0. The van der Waals surface area contributed by atoms with Crippen LogP contribution in [0.15, 0.2) is 158 Å². The first-order valence-corrected chi connectivity index (χ1v) is 18.0. The number of nitrogens with zero attached hydrogens (tertiary/aromatic N) is 5. The fourth-order valence-corrected chi connectivity index (χ4v) is 8.55. The molecule has 5 nitrogen and oxygen atoms in total. The molecule has 256 valence electrons. The van der Waals surface area contributed by atoms with E-state index in [0.29, 0.717) is 11.1 Å². The number of para-hydroxylation sites is 4. The molecule has 0 saturated heterocycles. The second kappa shape index (κ2) is 11.8. The predicted molar refractivity (Wildman–Crippen MR) is 214 cm³/mol. The van der Waals surface area contributed by atoms with Gasteiger partial charge in [-0.2, -0.15) is 0 Å². The second-order valence-corrected chi connectivity index (χ2v) is 14.4. The Hall–Kier alpha value is -6.53. The summed E-state index contributed by atoms with van der Waals surface area (Å²) in [7, 11) is 2.01. The molecular formula is C47H36FN5. The lowest BCUT2D eigenvalue weighted by Crippen LogP contribution is -2.31. The molecule has 1 aliphatic heterocycles. The highest BCUT2D eigenvalue weighted by Crippen LogP contribution is 2.55. The van der Waals surface area contributed by atoms with Gasteiger partial charge in [-0.15, -0.1) is 0 Å². The third kappa shape index (κ3) is 4.68. The van der Waals surface area contributed by atoms with E-state index in [2.05, 4.69) is 113 Å². The quantitative estimate of drug-likeness (QED) is 0.181. The number of aromatic nitrogens is 4. The molecule has 4 heterocycles. The molecule has 0 spiro atoms. The summed E-state index contributed by atoms with van der Waals surface area (Å²) in [5, 5.41) is 2.17. The predicted octanol–water partition coefficient (Wildman–Crippen LogP) is 11.9. The van der Waals surface area contributed by atoms with Gasteiger partial charge in [0.2, 0.25) is 0 Å². The number of hydrogen-bond acceptors (Lipinski definition) is 3. The van der Waals surface area contributed by atoms with Crippen LogP contribution in [-0.4, -0.2) is 19.1 Å². The summed E-state index contributed by atoms with van der Waals surface area (Å²) in [4.78, 5) is 12.2. The Kier molecular flexibility index (Phi) is 6.92. The number of imidazole rings is 1. The van der Waals surface area contributed by atoms with Gasteiger partial charge in [0.1, 0.15) is 11.5 Å². The van der Waals surface area contributed by atoms with Crippen LogP contribution in [0.4, 0.5) is 21.5 Å². The molecule has 3 aromatic heterocycles. The summed E-state index contributed by atoms with van der Waals surface area (Å²) in [6.45, 7) is 4.63. The van der Waals surface area contributed by atoms with E-state index in [1.807, 2.05) is 80.0 Å². The molecule has 0 radical (unpaired) electrons. The zero-order valence-electron chi connectivity index (χ0n) is 29.7. The van der Waals surface area contributed by atoms with Gasteiger partial charge in [-0.1, -0.05) is 98.8 Å². The average Bonchev–Trinajstić information content (AvgIpc) is 3.72. The van der Waals surface area contributed by atoms with E-state index in [1.165, 1.54) is 16.8 Å². The van der Waals surface area contributed by atoms with Crippen LogP contribution in [0.2, 0.25) is 0 Å². The van der Waals surface area contributed by atoms with Gasteiger partial charge in [0, 0.05) is 51.9 Å². The van der Waals surface area contributed by atoms with Crippen molar-refractivity contribution < 1.29 is 4.39 Å². The lowest BCUT2D eigenvalue weighted by molar-refractivity contribution is 0.402. The third-order valence-corrected chi connectivity index (χ3v) is 11.0. The van der Waals surface area contributed by atoms with E-state index in [1.54, 1.807) is 0 Å². The number of pyridine rings is 1. The lowest BCUT2D eigenvalue weighted by atomic mass is 9.72. The molecule has 0 amide bonds. The number of fused-ring (bicyclic) bond motifs is 7. The minimum absolute atomic E-state index is 0.362. The van der Waals surface area contributed by atoms with Crippen molar-refractivity contribution in [1.82, 2.24) is 19.1 Å². The van der Waals surface area contributed by atoms with Gasteiger partial charge in [0.25, 0.3) is 0 Å². The highest BCUT2D eigenvalue weighted by Gasteiger charge is 2.39. The van der Waals surface area contributed by atoms with Crippen molar-refractivity contribution in [2.75, 3.05) is 4.90 Å². The SMILES string of the molecule is Cn1c(-c2cccc(C(F)c3cccc(-n4c5ncccc5c5ccc6c(c54)C(C)(C)c4ccccc4N6c4ccccc4)c3)c2)nc2ccccc21. The first-order chi connectivity index (χ1) is 25.9. The molecule has 0 fully saturated rings. The van der Waals surface area contributed by atoms with Crippen molar-refractivity contribution >= 4 is 50.0 Å². The summed E-state index contributed by atoms with van der Waals surface area (Å²) in [5.74, 6) is 0.809.